The molecule has 2 aliphatic heterocycles. The number of amides is 2. The third-order valence-electron chi connectivity index (χ3n) is 5.70. The average molecular weight is 429 g/mol. The number of aromatic nitrogens is 2. The Hall–Kier alpha value is -2.87. The molecule has 8 nitrogen and oxygen atoms in total. The van der Waals surface area contributed by atoms with Gasteiger partial charge in [-0.25, -0.2) is 4.98 Å². The molecule has 0 N–H and O–H groups in total. The molecule has 2 aromatic rings. The Morgan fingerprint density at radius 3 is 2.60 bits per heavy atom. The zero-order chi connectivity index (χ0) is 21.3. The van der Waals surface area contributed by atoms with E-state index in [2.05, 4.69) is 14.9 Å². The van der Waals surface area contributed by atoms with Gasteiger partial charge in [0.15, 0.2) is 0 Å². The highest BCUT2D eigenvalue weighted by Gasteiger charge is 2.37. The van der Waals surface area contributed by atoms with Crippen LogP contribution in [0.1, 0.15) is 11.5 Å². The van der Waals surface area contributed by atoms with Gasteiger partial charge in [-0.3, -0.25) is 14.6 Å². The maximum absolute atomic E-state index is 13.4. The number of likely N-dealkylation sites (N-methyl/N-ethyl adjacent to an activating group) is 1. The van der Waals surface area contributed by atoms with Crippen molar-refractivity contribution in [2.75, 3.05) is 63.2 Å². The van der Waals surface area contributed by atoms with Gasteiger partial charge in [-0.2, -0.15) is 0 Å². The van der Waals surface area contributed by atoms with Crippen molar-refractivity contribution in [3.8, 4) is 0 Å². The second-order valence-corrected chi connectivity index (χ2v) is 8.24. The van der Waals surface area contributed by atoms with E-state index >= 15 is 0 Å². The molecule has 9 heteroatoms. The molecule has 158 valence electrons. The van der Waals surface area contributed by atoms with Crippen LogP contribution in [0.25, 0.3) is 0 Å². The van der Waals surface area contributed by atoms with Gasteiger partial charge >= 0.3 is 0 Å². The predicted molar refractivity (Wildman–Crippen MR) is 116 cm³/mol. The molecular formula is C21H25ClN6O2. The number of benzene rings is 1. The molecule has 0 bridgehead atoms. The fourth-order valence-corrected chi connectivity index (χ4v) is 4.17. The number of nitrogens with zero attached hydrogens (tertiary/aromatic N) is 6. The number of anilines is 2. The summed E-state index contributed by atoms with van der Waals surface area (Å²) < 4.78 is 0. The topological polar surface area (TPSA) is 72.9 Å². The molecule has 0 saturated carbocycles. The lowest BCUT2D eigenvalue weighted by atomic mass is 9.99. The molecule has 1 atom stereocenters. The average Bonchev–Trinajstić information content (AvgIpc) is 3.11. The standard InChI is InChI=1S/C21H25ClN6O2/c1-25(2)20(29)14-28-13-17(16-4-3-15(22)11-18(16)28)21(30)27-9-7-26(8-10-27)19-12-23-5-6-24-19/h3-6,11-12,17H,7-10,13-14H2,1-2H3. The van der Waals surface area contributed by atoms with Crippen LogP contribution in [0, 0.1) is 0 Å². The van der Waals surface area contributed by atoms with Gasteiger partial charge in [0.2, 0.25) is 11.8 Å². The van der Waals surface area contributed by atoms with Crippen molar-refractivity contribution < 1.29 is 9.59 Å². The Labute approximate surface area is 181 Å². The fraction of sp³-hybridized carbons (Fsp3) is 0.429. The summed E-state index contributed by atoms with van der Waals surface area (Å²) in [5.74, 6) is 0.623. The summed E-state index contributed by atoms with van der Waals surface area (Å²) in [7, 11) is 3.47. The van der Waals surface area contributed by atoms with E-state index < -0.39 is 0 Å². The molecule has 2 amide bonds. The third-order valence-corrected chi connectivity index (χ3v) is 5.93. The first-order valence-electron chi connectivity index (χ1n) is 9.98. The van der Waals surface area contributed by atoms with Crippen molar-refractivity contribution in [3.05, 3.63) is 47.4 Å². The van der Waals surface area contributed by atoms with E-state index in [9.17, 15) is 9.59 Å². The summed E-state index contributed by atoms with van der Waals surface area (Å²) in [4.78, 5) is 41.7. The molecule has 0 spiro atoms. The van der Waals surface area contributed by atoms with Gasteiger partial charge in [-0.15, -0.1) is 0 Å². The van der Waals surface area contributed by atoms with Crippen LogP contribution in [-0.2, 0) is 9.59 Å². The summed E-state index contributed by atoms with van der Waals surface area (Å²) in [6.07, 6.45) is 5.07. The summed E-state index contributed by atoms with van der Waals surface area (Å²) in [6, 6.07) is 5.57. The number of carbonyl (C=O) groups excluding carboxylic acids is 2. The lowest BCUT2D eigenvalue weighted by molar-refractivity contribution is -0.133. The lowest BCUT2D eigenvalue weighted by Crippen LogP contribution is -2.50. The van der Waals surface area contributed by atoms with Crippen LogP contribution in [0.3, 0.4) is 0 Å². The number of hydrogen-bond acceptors (Lipinski definition) is 6. The highest BCUT2D eigenvalue weighted by Crippen LogP contribution is 2.39. The summed E-state index contributed by atoms with van der Waals surface area (Å²) in [6.45, 7) is 3.40. The van der Waals surface area contributed by atoms with Gasteiger partial charge in [0.05, 0.1) is 18.7 Å². The number of hydrogen-bond donors (Lipinski definition) is 0. The van der Waals surface area contributed by atoms with E-state index in [1.807, 2.05) is 28.0 Å². The molecule has 1 aromatic carbocycles. The molecule has 0 radical (unpaired) electrons. The second-order valence-electron chi connectivity index (χ2n) is 7.80. The van der Waals surface area contributed by atoms with Gasteiger partial charge in [0, 0.05) is 69.9 Å². The van der Waals surface area contributed by atoms with Gasteiger partial charge in [0.1, 0.15) is 5.82 Å². The molecule has 30 heavy (non-hydrogen) atoms. The fourth-order valence-electron chi connectivity index (χ4n) is 4.00. The summed E-state index contributed by atoms with van der Waals surface area (Å²) >= 11 is 6.20. The van der Waals surface area contributed by atoms with E-state index in [4.69, 9.17) is 11.6 Å². The molecule has 2 aliphatic rings. The maximum Gasteiger partial charge on any atom is 0.241 e. The van der Waals surface area contributed by atoms with E-state index in [-0.39, 0.29) is 24.3 Å². The molecule has 3 heterocycles. The quantitative estimate of drug-likeness (QED) is 0.734. The first-order chi connectivity index (χ1) is 14.4. The molecule has 4 rings (SSSR count). The van der Waals surface area contributed by atoms with Crippen molar-refractivity contribution in [1.82, 2.24) is 19.8 Å². The third kappa shape index (κ3) is 4.05. The van der Waals surface area contributed by atoms with Crippen molar-refractivity contribution >= 4 is 34.9 Å². The maximum atomic E-state index is 13.4. The zero-order valence-electron chi connectivity index (χ0n) is 17.2. The predicted octanol–water partition coefficient (Wildman–Crippen LogP) is 1.47. The van der Waals surface area contributed by atoms with Crippen LogP contribution in [0.2, 0.25) is 5.02 Å². The minimum Gasteiger partial charge on any atom is -0.361 e. The van der Waals surface area contributed by atoms with E-state index in [1.54, 1.807) is 37.6 Å². The number of halogens is 1. The van der Waals surface area contributed by atoms with Crippen molar-refractivity contribution in [1.29, 1.82) is 0 Å². The van der Waals surface area contributed by atoms with Crippen LogP contribution in [0.15, 0.2) is 36.8 Å². The van der Waals surface area contributed by atoms with Crippen LogP contribution in [0.4, 0.5) is 11.5 Å². The monoisotopic (exact) mass is 428 g/mol. The summed E-state index contributed by atoms with van der Waals surface area (Å²) in [5, 5.41) is 0.599. The van der Waals surface area contributed by atoms with Crippen LogP contribution < -0.4 is 9.80 Å². The van der Waals surface area contributed by atoms with Crippen LogP contribution in [-0.4, -0.2) is 84.9 Å². The van der Waals surface area contributed by atoms with Crippen molar-refractivity contribution in [2.45, 2.75) is 5.92 Å². The SMILES string of the molecule is CN(C)C(=O)CN1CC(C(=O)N2CCN(c3cnccn3)CC2)c2ccc(Cl)cc21. The van der Waals surface area contributed by atoms with Gasteiger partial charge in [-0.05, 0) is 17.7 Å². The molecule has 1 aromatic heterocycles. The highest BCUT2D eigenvalue weighted by atomic mass is 35.5. The number of fused-ring (bicyclic) bond motifs is 1. The van der Waals surface area contributed by atoms with Gasteiger partial charge < -0.3 is 19.6 Å². The van der Waals surface area contributed by atoms with E-state index in [0.717, 1.165) is 17.1 Å². The molecule has 1 unspecified atom stereocenters. The largest absolute Gasteiger partial charge is 0.361 e. The molecular weight excluding hydrogens is 404 g/mol. The van der Waals surface area contributed by atoms with Crippen LogP contribution in [0.5, 0.6) is 0 Å². The smallest absolute Gasteiger partial charge is 0.241 e. The first kappa shape index (κ1) is 20.4. The Morgan fingerprint density at radius 1 is 1.17 bits per heavy atom. The van der Waals surface area contributed by atoms with Crippen molar-refractivity contribution in [3.63, 3.8) is 0 Å². The summed E-state index contributed by atoms with van der Waals surface area (Å²) in [5.41, 5.74) is 1.81. The van der Waals surface area contributed by atoms with Crippen molar-refractivity contribution in [2.24, 2.45) is 0 Å². The molecule has 0 aliphatic carbocycles. The first-order valence-corrected chi connectivity index (χ1v) is 10.4. The Kier molecular flexibility index (Phi) is 5.76. The van der Waals surface area contributed by atoms with E-state index in [1.165, 1.54) is 0 Å². The lowest BCUT2D eigenvalue weighted by Gasteiger charge is -2.36. The van der Waals surface area contributed by atoms with Gasteiger partial charge in [0.25, 0.3) is 0 Å². The minimum atomic E-state index is -0.296. The normalized spacial score (nSPS) is 18.4. The number of carbonyl (C=O) groups is 2. The molecule has 1 fully saturated rings. The zero-order valence-corrected chi connectivity index (χ0v) is 17.9. The van der Waals surface area contributed by atoms with Gasteiger partial charge in [-0.1, -0.05) is 17.7 Å². The minimum absolute atomic E-state index is 0.00777. The highest BCUT2D eigenvalue weighted by molar-refractivity contribution is 6.31. The molecule has 1 saturated heterocycles. The Morgan fingerprint density at radius 2 is 1.93 bits per heavy atom. The van der Waals surface area contributed by atoms with E-state index in [0.29, 0.717) is 37.7 Å². The van der Waals surface area contributed by atoms with Crippen LogP contribution >= 0.6 is 11.6 Å². The Bertz CT molecular complexity index is 930. The Balaban J connectivity index is 1.47. The number of piperazine rings is 1. The number of rotatable bonds is 4. The second kappa shape index (κ2) is 8.47.